The number of benzene rings is 1. The molecule has 0 fully saturated rings. The monoisotopic (exact) mass is 244 g/mol. The number of aromatic nitrogens is 2. The maximum atomic E-state index is 5.42. The first kappa shape index (κ1) is 10.4. The molecule has 0 spiro atoms. The van der Waals surface area contributed by atoms with Gasteiger partial charge >= 0.3 is 0 Å². The minimum Gasteiger partial charge on any atom is -0.494 e. The largest absolute Gasteiger partial charge is 0.494 e. The average Bonchev–Trinajstić information content (AvgIpc) is 2.90. The molecule has 0 unspecified atom stereocenters. The molecule has 3 rings (SSSR count). The van der Waals surface area contributed by atoms with Crippen LogP contribution in [0.15, 0.2) is 42.0 Å². The maximum absolute atomic E-state index is 5.42. The Bertz CT molecular complexity index is 596. The van der Waals surface area contributed by atoms with Crippen molar-refractivity contribution >= 4 is 16.3 Å². The molecule has 3 aromatic rings. The molecule has 0 saturated carbocycles. The van der Waals surface area contributed by atoms with Gasteiger partial charge in [-0.05, 0) is 31.2 Å². The Kier molecular flexibility index (Phi) is 2.57. The Hall–Kier alpha value is -1.81. The number of hydrogen-bond acceptors (Lipinski definition) is 3. The second-order valence-electron chi connectivity index (χ2n) is 3.68. The first-order valence-corrected chi connectivity index (χ1v) is 6.40. The Morgan fingerprint density at radius 2 is 2.12 bits per heavy atom. The van der Waals surface area contributed by atoms with Crippen molar-refractivity contribution in [3.05, 3.63) is 42.0 Å². The van der Waals surface area contributed by atoms with Crippen LogP contribution in [-0.4, -0.2) is 16.0 Å². The van der Waals surface area contributed by atoms with Crippen molar-refractivity contribution in [1.82, 2.24) is 9.38 Å². The first-order valence-electron chi connectivity index (χ1n) is 5.52. The molecule has 0 aliphatic heterocycles. The van der Waals surface area contributed by atoms with Crippen LogP contribution in [0.5, 0.6) is 5.75 Å². The molecular formula is C13H12N2OS. The Balaban J connectivity index is 1.95. The van der Waals surface area contributed by atoms with Crippen LogP contribution < -0.4 is 4.74 Å². The lowest BCUT2D eigenvalue weighted by Gasteiger charge is -2.02. The van der Waals surface area contributed by atoms with Gasteiger partial charge < -0.3 is 4.74 Å². The maximum Gasteiger partial charge on any atom is 0.194 e. The van der Waals surface area contributed by atoms with Gasteiger partial charge in [0.2, 0.25) is 0 Å². The molecule has 0 aliphatic rings. The van der Waals surface area contributed by atoms with Gasteiger partial charge in [0.1, 0.15) is 5.75 Å². The summed E-state index contributed by atoms with van der Waals surface area (Å²) in [4.78, 5) is 5.58. The van der Waals surface area contributed by atoms with Gasteiger partial charge in [-0.3, -0.25) is 4.40 Å². The number of nitrogens with zero attached hydrogens (tertiary/aromatic N) is 2. The number of ether oxygens (including phenoxy) is 1. The zero-order valence-electron chi connectivity index (χ0n) is 9.46. The summed E-state index contributed by atoms with van der Waals surface area (Å²) in [6.45, 7) is 2.68. The van der Waals surface area contributed by atoms with E-state index in [4.69, 9.17) is 4.74 Å². The van der Waals surface area contributed by atoms with Crippen molar-refractivity contribution in [2.45, 2.75) is 6.92 Å². The topological polar surface area (TPSA) is 26.5 Å². The lowest BCUT2D eigenvalue weighted by molar-refractivity contribution is 0.340. The minimum atomic E-state index is 0.694. The number of imidazole rings is 1. The van der Waals surface area contributed by atoms with Crippen LogP contribution in [0.1, 0.15) is 6.92 Å². The van der Waals surface area contributed by atoms with Crippen LogP contribution in [0.3, 0.4) is 0 Å². The predicted molar refractivity (Wildman–Crippen MR) is 69.7 cm³/mol. The third-order valence-corrected chi connectivity index (χ3v) is 3.33. The fraction of sp³-hybridized carbons (Fsp3) is 0.154. The summed E-state index contributed by atoms with van der Waals surface area (Å²) in [5, 5.41) is 2.03. The smallest absolute Gasteiger partial charge is 0.194 e. The number of thiazole rings is 1. The lowest BCUT2D eigenvalue weighted by atomic mass is 10.2. The van der Waals surface area contributed by atoms with Gasteiger partial charge in [-0.2, -0.15) is 0 Å². The van der Waals surface area contributed by atoms with Crippen molar-refractivity contribution in [2.75, 3.05) is 6.61 Å². The van der Waals surface area contributed by atoms with Crippen LogP contribution in [0.4, 0.5) is 0 Å². The molecule has 4 heteroatoms. The van der Waals surface area contributed by atoms with Crippen molar-refractivity contribution in [3.63, 3.8) is 0 Å². The van der Waals surface area contributed by atoms with E-state index in [0.29, 0.717) is 6.61 Å². The summed E-state index contributed by atoms with van der Waals surface area (Å²) in [5.41, 5.74) is 2.12. The Morgan fingerprint density at radius 3 is 2.82 bits per heavy atom. The molecule has 0 bridgehead atoms. The molecule has 0 atom stereocenters. The van der Waals surface area contributed by atoms with Crippen LogP contribution >= 0.6 is 11.3 Å². The van der Waals surface area contributed by atoms with Gasteiger partial charge in [0.15, 0.2) is 4.96 Å². The molecule has 0 N–H and O–H groups in total. The zero-order valence-corrected chi connectivity index (χ0v) is 10.3. The molecule has 1 aromatic carbocycles. The van der Waals surface area contributed by atoms with E-state index in [2.05, 4.69) is 4.98 Å². The quantitative estimate of drug-likeness (QED) is 0.705. The highest BCUT2D eigenvalue weighted by atomic mass is 32.1. The van der Waals surface area contributed by atoms with Crippen LogP contribution in [0, 0.1) is 0 Å². The van der Waals surface area contributed by atoms with Crippen molar-refractivity contribution in [2.24, 2.45) is 0 Å². The summed E-state index contributed by atoms with van der Waals surface area (Å²) in [6.07, 6.45) is 4.06. The van der Waals surface area contributed by atoms with E-state index < -0.39 is 0 Å². The highest BCUT2D eigenvalue weighted by Gasteiger charge is 2.04. The molecule has 2 aromatic heterocycles. The summed E-state index contributed by atoms with van der Waals surface area (Å²) < 4.78 is 7.46. The van der Waals surface area contributed by atoms with Crippen LogP contribution in [0.25, 0.3) is 16.2 Å². The molecule has 86 valence electrons. The SMILES string of the molecule is CCOc1ccc(-c2cn3ccsc3n2)cc1. The number of fused-ring (bicyclic) bond motifs is 1. The highest BCUT2D eigenvalue weighted by Crippen LogP contribution is 2.23. The van der Waals surface area contributed by atoms with Gasteiger partial charge in [-0.15, -0.1) is 11.3 Å². The fourth-order valence-corrected chi connectivity index (χ4v) is 2.46. The van der Waals surface area contributed by atoms with Crippen LogP contribution in [0.2, 0.25) is 0 Å². The minimum absolute atomic E-state index is 0.694. The molecule has 0 saturated heterocycles. The van der Waals surface area contributed by atoms with Crippen molar-refractivity contribution < 1.29 is 4.74 Å². The van der Waals surface area contributed by atoms with Gasteiger partial charge in [-0.25, -0.2) is 4.98 Å². The highest BCUT2D eigenvalue weighted by molar-refractivity contribution is 7.15. The third-order valence-electron chi connectivity index (χ3n) is 2.55. The number of rotatable bonds is 3. The molecule has 3 nitrogen and oxygen atoms in total. The second kappa shape index (κ2) is 4.22. The molecule has 0 amide bonds. The molecule has 0 aliphatic carbocycles. The van der Waals surface area contributed by atoms with Gasteiger partial charge in [0.05, 0.1) is 12.3 Å². The Morgan fingerprint density at radius 1 is 1.29 bits per heavy atom. The summed E-state index contributed by atoms with van der Waals surface area (Å²) in [5.74, 6) is 0.900. The van der Waals surface area contributed by atoms with Gasteiger partial charge in [-0.1, -0.05) is 0 Å². The second-order valence-corrected chi connectivity index (χ2v) is 4.55. The first-order chi connectivity index (χ1) is 8.36. The molecule has 0 radical (unpaired) electrons. The normalized spacial score (nSPS) is 10.9. The fourth-order valence-electron chi connectivity index (χ4n) is 1.76. The van der Waals surface area contributed by atoms with E-state index in [1.54, 1.807) is 11.3 Å². The van der Waals surface area contributed by atoms with E-state index in [9.17, 15) is 0 Å². The van der Waals surface area contributed by atoms with Gasteiger partial charge in [0.25, 0.3) is 0 Å². The zero-order chi connectivity index (χ0) is 11.7. The van der Waals surface area contributed by atoms with E-state index in [1.807, 2.05) is 53.4 Å². The third kappa shape index (κ3) is 1.91. The summed E-state index contributed by atoms with van der Waals surface area (Å²) >= 11 is 1.64. The van der Waals surface area contributed by atoms with E-state index in [0.717, 1.165) is 22.0 Å². The summed E-state index contributed by atoms with van der Waals surface area (Å²) in [7, 11) is 0. The van der Waals surface area contributed by atoms with Crippen LogP contribution in [-0.2, 0) is 0 Å². The summed E-state index contributed by atoms with van der Waals surface area (Å²) in [6, 6.07) is 8.04. The standard InChI is InChI=1S/C13H12N2OS/c1-2-16-11-5-3-10(4-6-11)12-9-15-7-8-17-13(15)14-12/h3-9H,2H2,1H3. The van der Waals surface area contributed by atoms with Crippen molar-refractivity contribution in [3.8, 4) is 17.0 Å². The van der Waals surface area contributed by atoms with Gasteiger partial charge in [0, 0.05) is 23.3 Å². The predicted octanol–water partition coefficient (Wildman–Crippen LogP) is 3.46. The average molecular weight is 244 g/mol. The molecule has 2 heterocycles. The van der Waals surface area contributed by atoms with E-state index >= 15 is 0 Å². The van der Waals surface area contributed by atoms with E-state index in [1.165, 1.54) is 0 Å². The Labute approximate surface area is 103 Å². The number of hydrogen-bond donors (Lipinski definition) is 0. The van der Waals surface area contributed by atoms with Crippen molar-refractivity contribution in [1.29, 1.82) is 0 Å². The van der Waals surface area contributed by atoms with E-state index in [-0.39, 0.29) is 0 Å². The molecular weight excluding hydrogens is 232 g/mol. The molecule has 17 heavy (non-hydrogen) atoms. The lowest BCUT2D eigenvalue weighted by Crippen LogP contribution is -1.90.